The summed E-state index contributed by atoms with van der Waals surface area (Å²) < 4.78 is 52.8. The summed E-state index contributed by atoms with van der Waals surface area (Å²) in [4.78, 5) is 13.9. The molecule has 0 saturated carbocycles. The molecular weight excluding hydrogens is 374 g/mol. The van der Waals surface area contributed by atoms with E-state index in [0.29, 0.717) is 12.6 Å². The molecular formula is C19H20F2N2O3S. The number of nitrogens with one attached hydrogen (secondary N) is 1. The van der Waals surface area contributed by atoms with Crippen LogP contribution >= 0.6 is 0 Å². The van der Waals surface area contributed by atoms with Gasteiger partial charge in [-0.3, -0.25) is 4.79 Å². The molecule has 1 heterocycles. The third-order valence-electron chi connectivity index (χ3n) is 4.59. The number of carbonyl (C=O) groups is 1. The summed E-state index contributed by atoms with van der Waals surface area (Å²) in [6, 6.07) is 12.1. The van der Waals surface area contributed by atoms with E-state index < -0.39 is 21.7 Å². The largest absolute Gasteiger partial charge is 0.336 e. The molecule has 0 bridgehead atoms. The van der Waals surface area contributed by atoms with Crippen molar-refractivity contribution in [3.63, 3.8) is 0 Å². The van der Waals surface area contributed by atoms with Crippen molar-refractivity contribution in [2.24, 2.45) is 0 Å². The minimum atomic E-state index is -4.01. The first-order chi connectivity index (χ1) is 12.9. The maximum Gasteiger partial charge on any atom is 0.240 e. The van der Waals surface area contributed by atoms with Gasteiger partial charge in [0.05, 0.1) is 10.9 Å². The molecule has 1 unspecified atom stereocenters. The van der Waals surface area contributed by atoms with Crippen LogP contribution in [-0.2, 0) is 14.8 Å². The summed E-state index contributed by atoms with van der Waals surface area (Å²) in [6.07, 6.45) is 1.76. The third kappa shape index (κ3) is 4.51. The van der Waals surface area contributed by atoms with Crippen LogP contribution in [0.2, 0.25) is 0 Å². The Balaban J connectivity index is 1.59. The van der Waals surface area contributed by atoms with Crippen molar-refractivity contribution in [2.75, 3.05) is 13.1 Å². The van der Waals surface area contributed by atoms with Gasteiger partial charge in [0.25, 0.3) is 0 Å². The molecule has 27 heavy (non-hydrogen) atoms. The molecule has 3 rings (SSSR count). The Labute approximate surface area is 157 Å². The topological polar surface area (TPSA) is 66.5 Å². The zero-order valence-electron chi connectivity index (χ0n) is 14.6. The second-order valence-electron chi connectivity index (χ2n) is 6.38. The first-order valence-electron chi connectivity index (χ1n) is 8.67. The van der Waals surface area contributed by atoms with E-state index in [1.807, 2.05) is 30.3 Å². The maximum atomic E-state index is 13.2. The lowest BCUT2D eigenvalue weighted by Crippen LogP contribution is -2.34. The third-order valence-corrected chi connectivity index (χ3v) is 6.05. The van der Waals surface area contributed by atoms with Gasteiger partial charge in [-0.2, -0.15) is 0 Å². The van der Waals surface area contributed by atoms with Crippen LogP contribution < -0.4 is 4.72 Å². The van der Waals surface area contributed by atoms with Crippen molar-refractivity contribution in [2.45, 2.75) is 30.2 Å². The highest BCUT2D eigenvalue weighted by atomic mass is 32.2. The molecule has 5 nitrogen and oxygen atoms in total. The fourth-order valence-corrected chi connectivity index (χ4v) is 4.29. The van der Waals surface area contributed by atoms with E-state index in [1.54, 1.807) is 4.90 Å². The number of hydrogen-bond donors (Lipinski definition) is 1. The lowest BCUT2D eigenvalue weighted by molar-refractivity contribution is -0.131. The van der Waals surface area contributed by atoms with Crippen LogP contribution in [0.15, 0.2) is 53.4 Å². The Morgan fingerprint density at radius 2 is 1.85 bits per heavy atom. The monoisotopic (exact) mass is 394 g/mol. The molecule has 1 atom stereocenters. The molecule has 1 aliphatic rings. The molecule has 2 aromatic rings. The minimum Gasteiger partial charge on any atom is -0.336 e. The molecule has 0 aliphatic carbocycles. The zero-order chi connectivity index (χ0) is 19.4. The van der Waals surface area contributed by atoms with Crippen molar-refractivity contribution >= 4 is 15.9 Å². The molecule has 0 aromatic heterocycles. The van der Waals surface area contributed by atoms with E-state index in [4.69, 9.17) is 0 Å². The van der Waals surface area contributed by atoms with E-state index in [0.717, 1.165) is 30.5 Å². The molecule has 1 fully saturated rings. The lowest BCUT2D eigenvalue weighted by Gasteiger charge is -2.25. The average molecular weight is 394 g/mol. The van der Waals surface area contributed by atoms with E-state index in [-0.39, 0.29) is 29.8 Å². The Bertz CT molecular complexity index is 920. The van der Waals surface area contributed by atoms with Crippen molar-refractivity contribution in [3.8, 4) is 0 Å². The minimum absolute atomic E-state index is 0.00139. The predicted octanol–water partition coefficient (Wildman–Crippen LogP) is 3.00. The second kappa shape index (κ2) is 8.14. The normalized spacial score (nSPS) is 17.3. The molecule has 1 aliphatic heterocycles. The highest BCUT2D eigenvalue weighted by molar-refractivity contribution is 7.89. The number of sulfonamides is 1. The summed E-state index contributed by atoms with van der Waals surface area (Å²) in [5, 5.41) is 0. The van der Waals surface area contributed by atoms with E-state index in [9.17, 15) is 22.0 Å². The van der Waals surface area contributed by atoms with Gasteiger partial charge >= 0.3 is 0 Å². The molecule has 1 N–H and O–H groups in total. The quantitative estimate of drug-likeness (QED) is 0.819. The van der Waals surface area contributed by atoms with Gasteiger partial charge in [0, 0.05) is 19.5 Å². The van der Waals surface area contributed by atoms with Crippen molar-refractivity contribution in [3.05, 3.63) is 65.7 Å². The summed E-state index contributed by atoms with van der Waals surface area (Å²) in [6.45, 7) is 0.520. The summed E-state index contributed by atoms with van der Waals surface area (Å²) in [7, 11) is -4.01. The van der Waals surface area contributed by atoms with Gasteiger partial charge in [0.15, 0.2) is 11.6 Å². The predicted molar refractivity (Wildman–Crippen MR) is 96.3 cm³/mol. The molecule has 1 saturated heterocycles. The number of halogens is 2. The van der Waals surface area contributed by atoms with Gasteiger partial charge in [0.1, 0.15) is 0 Å². The number of benzene rings is 2. The van der Waals surface area contributed by atoms with Crippen LogP contribution in [-0.4, -0.2) is 32.3 Å². The van der Waals surface area contributed by atoms with E-state index >= 15 is 0 Å². The smallest absolute Gasteiger partial charge is 0.240 e. The van der Waals surface area contributed by atoms with Gasteiger partial charge in [-0.25, -0.2) is 21.9 Å². The fourth-order valence-electron chi connectivity index (χ4n) is 3.25. The first-order valence-corrected chi connectivity index (χ1v) is 10.2. The summed E-state index contributed by atoms with van der Waals surface area (Å²) in [5.41, 5.74) is 1.06. The van der Waals surface area contributed by atoms with Crippen LogP contribution in [0.4, 0.5) is 8.78 Å². The van der Waals surface area contributed by atoms with Gasteiger partial charge < -0.3 is 4.90 Å². The fraction of sp³-hybridized carbons (Fsp3) is 0.316. The van der Waals surface area contributed by atoms with Gasteiger partial charge in [0.2, 0.25) is 15.9 Å². The van der Waals surface area contributed by atoms with Crippen LogP contribution in [0.25, 0.3) is 0 Å². The number of likely N-dealkylation sites (tertiary alicyclic amines) is 1. The standard InChI is InChI=1S/C19H20F2N2O3S/c20-16-9-8-15(13-17(16)21)27(25,26)22-11-10-19(24)23-12-4-7-18(23)14-5-2-1-3-6-14/h1-3,5-6,8-9,13,18,22H,4,7,10-12H2. The number of nitrogens with zero attached hydrogens (tertiary/aromatic N) is 1. The number of carbonyl (C=O) groups excluding carboxylic acids is 1. The molecule has 144 valence electrons. The Kier molecular flexibility index (Phi) is 5.86. The average Bonchev–Trinajstić information content (AvgIpc) is 3.14. The molecule has 0 radical (unpaired) electrons. The Hall–Kier alpha value is -2.32. The van der Waals surface area contributed by atoms with Crippen LogP contribution in [0.1, 0.15) is 30.9 Å². The molecule has 0 spiro atoms. The Morgan fingerprint density at radius 3 is 2.56 bits per heavy atom. The van der Waals surface area contributed by atoms with Crippen LogP contribution in [0.5, 0.6) is 0 Å². The Morgan fingerprint density at radius 1 is 1.11 bits per heavy atom. The van der Waals surface area contributed by atoms with Gasteiger partial charge in [-0.05, 0) is 36.6 Å². The first kappa shape index (κ1) is 19.4. The second-order valence-corrected chi connectivity index (χ2v) is 8.15. The number of rotatable bonds is 6. The van der Waals surface area contributed by atoms with Crippen molar-refractivity contribution < 1.29 is 22.0 Å². The molecule has 1 amide bonds. The number of hydrogen-bond acceptors (Lipinski definition) is 3. The molecule has 8 heteroatoms. The van der Waals surface area contributed by atoms with Crippen LogP contribution in [0, 0.1) is 11.6 Å². The highest BCUT2D eigenvalue weighted by Crippen LogP contribution is 2.32. The zero-order valence-corrected chi connectivity index (χ0v) is 15.4. The molecule has 2 aromatic carbocycles. The van der Waals surface area contributed by atoms with Crippen molar-refractivity contribution in [1.29, 1.82) is 0 Å². The summed E-state index contributed by atoms with van der Waals surface area (Å²) >= 11 is 0. The SMILES string of the molecule is O=C(CCNS(=O)(=O)c1ccc(F)c(F)c1)N1CCCC1c1ccccc1. The van der Waals surface area contributed by atoms with Gasteiger partial charge in [-0.15, -0.1) is 0 Å². The van der Waals surface area contributed by atoms with E-state index in [2.05, 4.69) is 4.72 Å². The van der Waals surface area contributed by atoms with Gasteiger partial charge in [-0.1, -0.05) is 30.3 Å². The highest BCUT2D eigenvalue weighted by Gasteiger charge is 2.29. The maximum absolute atomic E-state index is 13.2. The number of amides is 1. The lowest BCUT2D eigenvalue weighted by atomic mass is 10.0. The van der Waals surface area contributed by atoms with E-state index in [1.165, 1.54) is 0 Å². The summed E-state index contributed by atoms with van der Waals surface area (Å²) in [5.74, 6) is -2.50. The van der Waals surface area contributed by atoms with Crippen molar-refractivity contribution in [1.82, 2.24) is 9.62 Å². The van der Waals surface area contributed by atoms with Crippen LogP contribution in [0.3, 0.4) is 0 Å².